The topological polar surface area (TPSA) is 91.5 Å². The van der Waals surface area contributed by atoms with Gasteiger partial charge in [0.2, 0.25) is 0 Å². The van der Waals surface area contributed by atoms with E-state index in [2.05, 4.69) is 19.9 Å². The molecule has 0 spiro atoms. The van der Waals surface area contributed by atoms with E-state index in [4.69, 9.17) is 9.47 Å². The molecule has 0 N–H and O–H groups in total. The molecule has 4 rings (SSSR count). The van der Waals surface area contributed by atoms with Crippen LogP contribution in [0, 0.1) is 0 Å². The predicted molar refractivity (Wildman–Crippen MR) is 101 cm³/mol. The van der Waals surface area contributed by atoms with Gasteiger partial charge in [0.25, 0.3) is 0 Å². The Kier molecular flexibility index (Phi) is 4.36. The molecule has 0 aliphatic rings. The number of esters is 1. The highest BCUT2D eigenvalue weighted by atomic mass is 32.2. The molecular weight excluding hydrogens is 366 g/mol. The number of aromatic nitrogens is 5. The molecule has 8 nitrogen and oxygen atoms in total. The number of methoxy groups -OCH3 is 2. The van der Waals surface area contributed by atoms with E-state index in [-0.39, 0.29) is 5.69 Å². The second kappa shape index (κ2) is 6.84. The Morgan fingerprint density at radius 2 is 1.96 bits per heavy atom. The molecule has 0 atom stereocenters. The summed E-state index contributed by atoms with van der Waals surface area (Å²) in [7, 11) is 2.93. The van der Waals surface area contributed by atoms with E-state index in [0.29, 0.717) is 22.2 Å². The van der Waals surface area contributed by atoms with Gasteiger partial charge in [-0.15, -0.1) is 0 Å². The first-order valence-corrected chi connectivity index (χ1v) is 9.19. The molecule has 0 amide bonds. The highest BCUT2D eigenvalue weighted by molar-refractivity contribution is 7.98. The third-order valence-electron chi connectivity index (χ3n) is 4.16. The number of carbonyl (C=O) groups excluding carboxylic acids is 1. The van der Waals surface area contributed by atoms with Gasteiger partial charge >= 0.3 is 5.97 Å². The summed E-state index contributed by atoms with van der Waals surface area (Å²) in [6.45, 7) is 0. The van der Waals surface area contributed by atoms with Gasteiger partial charge in [-0.3, -0.25) is 4.40 Å². The fourth-order valence-electron chi connectivity index (χ4n) is 2.98. The van der Waals surface area contributed by atoms with Crippen LogP contribution in [0.25, 0.3) is 27.8 Å². The van der Waals surface area contributed by atoms with E-state index in [1.54, 1.807) is 42.4 Å². The molecule has 27 heavy (non-hydrogen) atoms. The first-order chi connectivity index (χ1) is 13.2. The Morgan fingerprint density at radius 3 is 2.70 bits per heavy atom. The van der Waals surface area contributed by atoms with Crippen LogP contribution in [0.15, 0.2) is 42.1 Å². The minimum Gasteiger partial charge on any atom is -0.496 e. The van der Waals surface area contributed by atoms with Gasteiger partial charge in [0.05, 0.1) is 30.8 Å². The molecule has 4 heterocycles. The maximum atomic E-state index is 12.0. The third-order valence-corrected chi connectivity index (χ3v) is 4.72. The molecule has 9 heteroatoms. The summed E-state index contributed by atoms with van der Waals surface area (Å²) in [5.74, 6) is 0.142. The maximum Gasteiger partial charge on any atom is 0.356 e. The lowest BCUT2D eigenvalue weighted by molar-refractivity contribution is 0.0594. The van der Waals surface area contributed by atoms with E-state index in [1.165, 1.54) is 18.9 Å². The number of hydrogen-bond acceptors (Lipinski definition) is 8. The lowest BCUT2D eigenvalue weighted by Crippen LogP contribution is -2.05. The van der Waals surface area contributed by atoms with Crippen LogP contribution < -0.4 is 4.74 Å². The Balaban J connectivity index is 2.15. The average molecular weight is 381 g/mol. The summed E-state index contributed by atoms with van der Waals surface area (Å²) in [5, 5.41) is 1.43. The zero-order valence-corrected chi connectivity index (χ0v) is 15.6. The molecular formula is C18H15N5O3S. The Morgan fingerprint density at radius 1 is 1.15 bits per heavy atom. The number of pyridine rings is 1. The van der Waals surface area contributed by atoms with Crippen molar-refractivity contribution in [2.45, 2.75) is 5.16 Å². The van der Waals surface area contributed by atoms with E-state index in [1.807, 2.05) is 12.3 Å². The Bertz CT molecular complexity index is 1170. The summed E-state index contributed by atoms with van der Waals surface area (Å²) in [6.07, 6.45) is 6.83. The SMILES string of the molecule is COC(=O)c1cc2c(-c3ccnc(SC)n3)c3c(OC)ccnc3n2cn1. The van der Waals surface area contributed by atoms with Crippen molar-refractivity contribution in [1.29, 1.82) is 0 Å². The van der Waals surface area contributed by atoms with Crippen LogP contribution >= 0.6 is 11.8 Å². The van der Waals surface area contributed by atoms with Gasteiger partial charge in [0.15, 0.2) is 10.9 Å². The maximum absolute atomic E-state index is 12.0. The van der Waals surface area contributed by atoms with Crippen LogP contribution in [0.5, 0.6) is 5.75 Å². The van der Waals surface area contributed by atoms with E-state index >= 15 is 0 Å². The predicted octanol–water partition coefficient (Wildman–Crippen LogP) is 2.86. The van der Waals surface area contributed by atoms with Crippen molar-refractivity contribution in [2.75, 3.05) is 20.5 Å². The van der Waals surface area contributed by atoms with Crippen molar-refractivity contribution >= 4 is 34.3 Å². The minimum atomic E-state index is -0.513. The largest absolute Gasteiger partial charge is 0.496 e. The number of rotatable bonds is 4. The third kappa shape index (κ3) is 2.76. The van der Waals surface area contributed by atoms with Gasteiger partial charge in [0.1, 0.15) is 17.7 Å². The molecule has 0 aromatic carbocycles. The molecule has 4 aromatic rings. The number of fused-ring (bicyclic) bond motifs is 3. The van der Waals surface area contributed by atoms with Crippen LogP contribution in [0.3, 0.4) is 0 Å². The smallest absolute Gasteiger partial charge is 0.356 e. The number of hydrogen-bond donors (Lipinski definition) is 0. The summed E-state index contributed by atoms with van der Waals surface area (Å²) in [4.78, 5) is 29.5. The lowest BCUT2D eigenvalue weighted by Gasteiger charge is -2.05. The zero-order valence-electron chi connectivity index (χ0n) is 14.8. The van der Waals surface area contributed by atoms with Crippen LogP contribution in [0.1, 0.15) is 10.5 Å². The standard InChI is InChI=1S/C18H15N5O3S/c1-25-13-5-7-19-16-15(13)14(10-4-6-20-18(22-10)27-3)12-8-11(17(24)26-2)21-9-23(12)16/h4-9H,1-3H3. The van der Waals surface area contributed by atoms with Crippen LogP contribution in [-0.2, 0) is 4.74 Å². The summed E-state index contributed by atoms with van der Waals surface area (Å²) in [5.41, 5.74) is 3.08. The quantitative estimate of drug-likeness (QED) is 0.303. The molecule has 0 bridgehead atoms. The highest BCUT2D eigenvalue weighted by Crippen LogP contribution is 2.39. The van der Waals surface area contributed by atoms with Gasteiger partial charge in [-0.05, 0) is 24.5 Å². The first-order valence-electron chi connectivity index (χ1n) is 7.96. The molecule has 136 valence electrons. The van der Waals surface area contributed by atoms with Crippen molar-refractivity contribution in [2.24, 2.45) is 0 Å². The highest BCUT2D eigenvalue weighted by Gasteiger charge is 2.21. The number of ether oxygens (including phenoxy) is 2. The van der Waals surface area contributed by atoms with Crippen molar-refractivity contribution in [3.63, 3.8) is 0 Å². The van der Waals surface area contributed by atoms with Crippen LogP contribution in [-0.4, -0.2) is 50.8 Å². The van der Waals surface area contributed by atoms with Gasteiger partial charge in [-0.1, -0.05) is 11.8 Å². The minimum absolute atomic E-state index is 0.201. The van der Waals surface area contributed by atoms with Crippen molar-refractivity contribution in [1.82, 2.24) is 24.3 Å². The molecule has 0 saturated heterocycles. The number of carbonyl (C=O) groups is 1. The summed E-state index contributed by atoms with van der Waals surface area (Å²) in [6, 6.07) is 5.28. The molecule has 0 unspecified atom stereocenters. The monoisotopic (exact) mass is 381 g/mol. The van der Waals surface area contributed by atoms with Gasteiger partial charge in [0, 0.05) is 18.0 Å². The fourth-order valence-corrected chi connectivity index (χ4v) is 3.34. The van der Waals surface area contributed by atoms with Gasteiger partial charge in [-0.25, -0.2) is 24.7 Å². The summed E-state index contributed by atoms with van der Waals surface area (Å²) < 4.78 is 12.2. The Labute approximate surface area is 158 Å². The average Bonchev–Trinajstić information content (AvgIpc) is 3.06. The summed E-state index contributed by atoms with van der Waals surface area (Å²) >= 11 is 1.45. The molecule has 0 saturated carbocycles. The molecule has 0 aliphatic carbocycles. The number of nitrogens with zero attached hydrogens (tertiary/aromatic N) is 5. The second-order valence-corrected chi connectivity index (χ2v) is 6.31. The second-order valence-electron chi connectivity index (χ2n) is 5.54. The van der Waals surface area contributed by atoms with Crippen molar-refractivity contribution < 1.29 is 14.3 Å². The Hall–Kier alpha value is -3.20. The van der Waals surface area contributed by atoms with Crippen LogP contribution in [0.2, 0.25) is 0 Å². The van der Waals surface area contributed by atoms with E-state index in [9.17, 15) is 4.79 Å². The zero-order chi connectivity index (χ0) is 19.0. The molecule has 4 aromatic heterocycles. The van der Waals surface area contributed by atoms with Crippen molar-refractivity contribution in [3.8, 4) is 17.0 Å². The number of thioether (sulfide) groups is 1. The van der Waals surface area contributed by atoms with E-state index < -0.39 is 5.97 Å². The first kappa shape index (κ1) is 17.2. The van der Waals surface area contributed by atoms with E-state index in [0.717, 1.165) is 16.5 Å². The lowest BCUT2D eigenvalue weighted by atomic mass is 10.1. The fraction of sp³-hybridized carbons (Fsp3) is 0.167. The van der Waals surface area contributed by atoms with Crippen LogP contribution in [0.4, 0.5) is 0 Å². The van der Waals surface area contributed by atoms with Gasteiger partial charge in [-0.2, -0.15) is 0 Å². The van der Waals surface area contributed by atoms with Crippen molar-refractivity contribution in [3.05, 3.63) is 42.6 Å². The molecule has 0 aliphatic heterocycles. The van der Waals surface area contributed by atoms with Gasteiger partial charge < -0.3 is 9.47 Å². The molecule has 0 fully saturated rings. The normalized spacial score (nSPS) is 11.1. The molecule has 0 radical (unpaired) electrons.